The highest BCUT2D eigenvalue weighted by atomic mass is 79.9. The summed E-state index contributed by atoms with van der Waals surface area (Å²) in [5, 5.41) is 1.12. The standard InChI is InChI=1S/C12H17BrOS/c1-14-11-6-5-7-12(10-11)15-9-4-2-3-8-13/h5-7,10H,2-4,8-9H2,1H3. The zero-order chi connectivity index (χ0) is 10.9. The van der Waals surface area contributed by atoms with Crippen LogP contribution < -0.4 is 4.74 Å². The minimum atomic E-state index is 0.945. The molecule has 1 rings (SSSR count). The highest BCUT2D eigenvalue weighted by Gasteiger charge is 1.96. The number of thioether (sulfide) groups is 1. The van der Waals surface area contributed by atoms with Crippen molar-refractivity contribution in [1.82, 2.24) is 0 Å². The van der Waals surface area contributed by atoms with E-state index < -0.39 is 0 Å². The quantitative estimate of drug-likeness (QED) is 0.419. The van der Waals surface area contributed by atoms with Gasteiger partial charge in [-0.05, 0) is 36.8 Å². The average Bonchev–Trinajstić information content (AvgIpc) is 2.29. The fourth-order valence-electron chi connectivity index (χ4n) is 1.25. The first-order chi connectivity index (χ1) is 7.36. The van der Waals surface area contributed by atoms with Gasteiger partial charge in [0.1, 0.15) is 5.75 Å². The molecule has 1 nitrogen and oxygen atoms in total. The highest BCUT2D eigenvalue weighted by molar-refractivity contribution is 9.09. The molecule has 0 aromatic heterocycles. The van der Waals surface area contributed by atoms with E-state index in [4.69, 9.17) is 4.74 Å². The molecule has 0 aliphatic carbocycles. The lowest BCUT2D eigenvalue weighted by Gasteiger charge is -2.03. The van der Waals surface area contributed by atoms with Gasteiger partial charge >= 0.3 is 0 Å². The van der Waals surface area contributed by atoms with Crippen molar-refractivity contribution in [2.75, 3.05) is 18.2 Å². The molecule has 3 heteroatoms. The number of benzene rings is 1. The molecule has 0 N–H and O–H groups in total. The fourth-order valence-corrected chi connectivity index (χ4v) is 2.61. The second kappa shape index (κ2) is 8.05. The Morgan fingerprint density at radius 3 is 2.87 bits per heavy atom. The molecular weight excluding hydrogens is 272 g/mol. The van der Waals surface area contributed by atoms with Crippen molar-refractivity contribution >= 4 is 27.7 Å². The van der Waals surface area contributed by atoms with Crippen molar-refractivity contribution in [2.24, 2.45) is 0 Å². The monoisotopic (exact) mass is 288 g/mol. The minimum absolute atomic E-state index is 0.945. The number of methoxy groups -OCH3 is 1. The maximum atomic E-state index is 5.18. The van der Waals surface area contributed by atoms with E-state index in [1.807, 2.05) is 23.9 Å². The summed E-state index contributed by atoms with van der Waals surface area (Å²) in [5.74, 6) is 2.14. The van der Waals surface area contributed by atoms with E-state index in [1.165, 1.54) is 29.9 Å². The summed E-state index contributed by atoms with van der Waals surface area (Å²) in [4.78, 5) is 1.30. The van der Waals surface area contributed by atoms with Crippen LogP contribution in [-0.4, -0.2) is 18.2 Å². The van der Waals surface area contributed by atoms with Crippen LogP contribution in [0.25, 0.3) is 0 Å². The van der Waals surface area contributed by atoms with Gasteiger partial charge in [-0.25, -0.2) is 0 Å². The third-order valence-corrected chi connectivity index (χ3v) is 3.73. The second-order valence-electron chi connectivity index (χ2n) is 3.28. The molecular formula is C12H17BrOS. The molecule has 0 radical (unpaired) electrons. The molecule has 0 atom stereocenters. The lowest BCUT2D eigenvalue weighted by Crippen LogP contribution is -1.84. The van der Waals surface area contributed by atoms with Gasteiger partial charge in [0.25, 0.3) is 0 Å². The Bertz CT molecular complexity index is 278. The molecule has 84 valence electrons. The Morgan fingerprint density at radius 1 is 1.27 bits per heavy atom. The Hall–Kier alpha value is -0.150. The Kier molecular flexibility index (Phi) is 6.94. The van der Waals surface area contributed by atoms with E-state index in [-0.39, 0.29) is 0 Å². The van der Waals surface area contributed by atoms with Gasteiger partial charge in [-0.3, -0.25) is 0 Å². The largest absolute Gasteiger partial charge is 0.497 e. The Labute approximate surface area is 105 Å². The van der Waals surface area contributed by atoms with Crippen molar-refractivity contribution < 1.29 is 4.74 Å². The van der Waals surface area contributed by atoms with Crippen LogP contribution >= 0.6 is 27.7 Å². The number of hydrogen-bond acceptors (Lipinski definition) is 2. The molecule has 0 unspecified atom stereocenters. The van der Waals surface area contributed by atoms with Crippen LogP contribution in [0.15, 0.2) is 29.2 Å². The number of rotatable bonds is 7. The number of hydrogen-bond donors (Lipinski definition) is 0. The predicted molar refractivity (Wildman–Crippen MR) is 71.4 cm³/mol. The van der Waals surface area contributed by atoms with Gasteiger partial charge in [-0.2, -0.15) is 0 Å². The zero-order valence-electron chi connectivity index (χ0n) is 9.04. The maximum Gasteiger partial charge on any atom is 0.119 e. The summed E-state index contributed by atoms with van der Waals surface area (Å²) in [7, 11) is 1.71. The molecule has 0 saturated carbocycles. The molecule has 15 heavy (non-hydrogen) atoms. The lowest BCUT2D eigenvalue weighted by atomic mass is 10.3. The van der Waals surface area contributed by atoms with Gasteiger partial charge in [0.2, 0.25) is 0 Å². The summed E-state index contributed by atoms with van der Waals surface area (Å²) in [6.07, 6.45) is 3.87. The van der Waals surface area contributed by atoms with Crippen LogP contribution in [0.5, 0.6) is 5.75 Å². The molecule has 1 aromatic rings. The normalized spacial score (nSPS) is 10.3. The maximum absolute atomic E-state index is 5.18. The zero-order valence-corrected chi connectivity index (χ0v) is 11.4. The Morgan fingerprint density at radius 2 is 2.13 bits per heavy atom. The molecule has 0 aliphatic heterocycles. The van der Waals surface area contributed by atoms with E-state index in [9.17, 15) is 0 Å². The fraction of sp³-hybridized carbons (Fsp3) is 0.500. The number of unbranched alkanes of at least 4 members (excludes halogenated alkanes) is 2. The summed E-state index contributed by atoms with van der Waals surface area (Å²) < 4.78 is 5.18. The molecule has 0 heterocycles. The summed E-state index contributed by atoms with van der Waals surface area (Å²) in [6, 6.07) is 8.25. The molecule has 0 saturated heterocycles. The first-order valence-electron chi connectivity index (χ1n) is 5.19. The van der Waals surface area contributed by atoms with Crippen molar-refractivity contribution in [3.8, 4) is 5.75 Å². The van der Waals surface area contributed by atoms with Crippen molar-refractivity contribution in [1.29, 1.82) is 0 Å². The third-order valence-electron chi connectivity index (χ3n) is 2.09. The van der Waals surface area contributed by atoms with Gasteiger partial charge in [0, 0.05) is 10.2 Å². The number of alkyl halides is 1. The van der Waals surface area contributed by atoms with E-state index in [0.717, 1.165) is 11.1 Å². The van der Waals surface area contributed by atoms with Crippen molar-refractivity contribution in [2.45, 2.75) is 24.2 Å². The first-order valence-corrected chi connectivity index (χ1v) is 7.30. The van der Waals surface area contributed by atoms with E-state index in [1.54, 1.807) is 7.11 Å². The van der Waals surface area contributed by atoms with Crippen LogP contribution in [0.2, 0.25) is 0 Å². The van der Waals surface area contributed by atoms with Gasteiger partial charge in [0.05, 0.1) is 7.11 Å². The predicted octanol–water partition coefficient (Wildman–Crippen LogP) is 4.35. The van der Waals surface area contributed by atoms with Crippen molar-refractivity contribution in [3.63, 3.8) is 0 Å². The molecule has 0 bridgehead atoms. The van der Waals surface area contributed by atoms with Crippen LogP contribution in [0, 0.1) is 0 Å². The topological polar surface area (TPSA) is 9.23 Å². The van der Waals surface area contributed by atoms with Crippen LogP contribution in [0.4, 0.5) is 0 Å². The Balaban J connectivity index is 2.24. The first kappa shape index (κ1) is 12.9. The molecule has 0 amide bonds. The van der Waals surface area contributed by atoms with Crippen LogP contribution in [-0.2, 0) is 0 Å². The second-order valence-corrected chi connectivity index (χ2v) is 5.24. The molecule has 0 spiro atoms. The van der Waals surface area contributed by atoms with Crippen LogP contribution in [0.3, 0.4) is 0 Å². The van der Waals surface area contributed by atoms with Crippen LogP contribution in [0.1, 0.15) is 19.3 Å². The van der Waals surface area contributed by atoms with Crippen molar-refractivity contribution in [3.05, 3.63) is 24.3 Å². The molecule has 0 fully saturated rings. The smallest absolute Gasteiger partial charge is 0.119 e. The van der Waals surface area contributed by atoms with E-state index >= 15 is 0 Å². The summed E-state index contributed by atoms with van der Waals surface area (Å²) in [6.45, 7) is 0. The SMILES string of the molecule is COc1cccc(SCCCCCBr)c1. The third kappa shape index (κ3) is 5.47. The highest BCUT2D eigenvalue weighted by Crippen LogP contribution is 2.23. The van der Waals surface area contributed by atoms with E-state index in [2.05, 4.69) is 28.1 Å². The van der Waals surface area contributed by atoms with Gasteiger partial charge in [0.15, 0.2) is 0 Å². The van der Waals surface area contributed by atoms with Gasteiger partial charge < -0.3 is 4.74 Å². The summed E-state index contributed by atoms with van der Waals surface area (Å²) >= 11 is 5.35. The number of ether oxygens (including phenoxy) is 1. The number of halogens is 1. The van der Waals surface area contributed by atoms with Gasteiger partial charge in [-0.15, -0.1) is 11.8 Å². The van der Waals surface area contributed by atoms with Gasteiger partial charge in [-0.1, -0.05) is 28.4 Å². The molecule has 0 aliphatic rings. The lowest BCUT2D eigenvalue weighted by molar-refractivity contribution is 0.413. The average molecular weight is 289 g/mol. The van der Waals surface area contributed by atoms with E-state index in [0.29, 0.717) is 0 Å². The minimum Gasteiger partial charge on any atom is -0.497 e. The summed E-state index contributed by atoms with van der Waals surface area (Å²) in [5.41, 5.74) is 0. The molecule has 1 aromatic carbocycles.